The minimum absolute atomic E-state index is 0.00131. The van der Waals surface area contributed by atoms with Gasteiger partial charge in [-0.1, -0.05) is 11.8 Å². The van der Waals surface area contributed by atoms with Gasteiger partial charge in [-0.05, 0) is 13.0 Å². The van der Waals surface area contributed by atoms with Gasteiger partial charge in [0, 0.05) is 33.0 Å². The minimum atomic E-state index is -0.120. The van der Waals surface area contributed by atoms with Gasteiger partial charge in [-0.2, -0.15) is 0 Å². The van der Waals surface area contributed by atoms with Gasteiger partial charge in [-0.15, -0.1) is 0 Å². The average Bonchev–Trinajstić information content (AvgIpc) is 2.47. The zero-order valence-electron chi connectivity index (χ0n) is 12.1. The largest absolute Gasteiger partial charge is 0.395 e. The van der Waals surface area contributed by atoms with Gasteiger partial charge in [-0.3, -0.25) is 9.78 Å². The Bertz CT molecular complexity index is 505. The summed E-state index contributed by atoms with van der Waals surface area (Å²) >= 11 is 0. The van der Waals surface area contributed by atoms with E-state index >= 15 is 0 Å². The molecule has 0 radical (unpaired) electrons. The van der Waals surface area contributed by atoms with E-state index in [4.69, 9.17) is 9.84 Å². The van der Waals surface area contributed by atoms with Crippen LogP contribution in [-0.4, -0.2) is 54.3 Å². The molecule has 0 saturated heterocycles. The summed E-state index contributed by atoms with van der Waals surface area (Å²) in [6.07, 6.45) is 3.50. The van der Waals surface area contributed by atoms with Crippen molar-refractivity contribution in [1.29, 1.82) is 0 Å². The van der Waals surface area contributed by atoms with Gasteiger partial charge in [0.1, 0.15) is 0 Å². The van der Waals surface area contributed by atoms with E-state index in [2.05, 4.69) is 16.8 Å². The number of amides is 1. The molecule has 0 fully saturated rings. The normalized spacial score (nSPS) is 11.4. The smallest absolute Gasteiger partial charge is 0.255 e. The Labute approximate surface area is 119 Å². The fourth-order valence-electron chi connectivity index (χ4n) is 1.64. The molecule has 0 spiro atoms. The van der Waals surface area contributed by atoms with E-state index in [0.717, 1.165) is 0 Å². The Kier molecular flexibility index (Phi) is 6.71. The molecule has 0 aliphatic heterocycles. The van der Waals surface area contributed by atoms with Crippen molar-refractivity contribution < 1.29 is 14.6 Å². The molecule has 108 valence electrons. The average molecular weight is 276 g/mol. The number of aliphatic hydroxyl groups excluding tert-OH is 1. The molecule has 0 aromatic carbocycles. The maximum absolute atomic E-state index is 12.4. The number of rotatable bonds is 5. The highest BCUT2D eigenvalue weighted by atomic mass is 16.5. The number of likely N-dealkylation sites (N-methyl/N-ethyl adjacent to an activating group) is 1. The third-order valence-corrected chi connectivity index (χ3v) is 2.90. The molecule has 0 bridgehead atoms. The molecule has 0 saturated carbocycles. The van der Waals surface area contributed by atoms with E-state index in [9.17, 15) is 4.79 Å². The van der Waals surface area contributed by atoms with Crippen LogP contribution in [0.3, 0.4) is 0 Å². The third kappa shape index (κ3) is 4.34. The van der Waals surface area contributed by atoms with E-state index in [0.29, 0.717) is 24.2 Å². The van der Waals surface area contributed by atoms with Crippen LogP contribution in [0.4, 0.5) is 0 Å². The summed E-state index contributed by atoms with van der Waals surface area (Å²) in [6, 6.07) is 1.63. The lowest BCUT2D eigenvalue weighted by molar-refractivity contribution is 0.0633. The first-order valence-electron chi connectivity index (χ1n) is 6.41. The lowest BCUT2D eigenvalue weighted by Crippen LogP contribution is -2.38. The third-order valence-electron chi connectivity index (χ3n) is 2.90. The Morgan fingerprint density at radius 1 is 1.60 bits per heavy atom. The molecule has 1 N–H and O–H groups in total. The van der Waals surface area contributed by atoms with Crippen molar-refractivity contribution in [2.45, 2.75) is 19.4 Å². The Balaban J connectivity index is 2.96. The number of aliphatic hydroxyl groups is 1. The Morgan fingerprint density at radius 3 is 3.00 bits per heavy atom. The number of nitrogens with zero attached hydrogens (tertiary/aromatic N) is 2. The highest BCUT2D eigenvalue weighted by Gasteiger charge is 2.19. The van der Waals surface area contributed by atoms with Crippen molar-refractivity contribution in [2.24, 2.45) is 0 Å². The molecule has 5 heteroatoms. The highest BCUT2D eigenvalue weighted by molar-refractivity contribution is 5.96. The summed E-state index contributed by atoms with van der Waals surface area (Å²) < 4.78 is 5.06. The monoisotopic (exact) mass is 276 g/mol. The highest BCUT2D eigenvalue weighted by Crippen LogP contribution is 2.11. The number of pyridine rings is 1. The number of carbonyl (C=O) groups excluding carboxylic acids is 1. The SMILES string of the molecule is COCC(C)N(C)C(=O)c1ccncc1C#CCCO. The van der Waals surface area contributed by atoms with Crippen molar-refractivity contribution >= 4 is 5.91 Å². The molecular weight excluding hydrogens is 256 g/mol. The number of carbonyl (C=O) groups is 1. The van der Waals surface area contributed by atoms with Crippen LogP contribution in [0.1, 0.15) is 29.3 Å². The fourth-order valence-corrected chi connectivity index (χ4v) is 1.64. The molecular formula is C15H20N2O3. The van der Waals surface area contributed by atoms with E-state index < -0.39 is 0 Å². The first-order chi connectivity index (χ1) is 9.61. The Morgan fingerprint density at radius 2 is 2.35 bits per heavy atom. The summed E-state index contributed by atoms with van der Waals surface area (Å²) in [4.78, 5) is 18.0. The van der Waals surface area contributed by atoms with E-state index in [1.165, 1.54) is 0 Å². The first kappa shape index (κ1) is 16.2. The van der Waals surface area contributed by atoms with Gasteiger partial charge >= 0.3 is 0 Å². The van der Waals surface area contributed by atoms with Crippen LogP contribution in [0.25, 0.3) is 0 Å². The lowest BCUT2D eigenvalue weighted by atomic mass is 10.1. The van der Waals surface area contributed by atoms with Crippen molar-refractivity contribution in [2.75, 3.05) is 27.4 Å². The summed E-state index contributed by atoms with van der Waals surface area (Å²) in [5.74, 6) is 5.55. The molecule has 1 rings (SSSR count). The zero-order chi connectivity index (χ0) is 15.0. The summed E-state index contributed by atoms with van der Waals surface area (Å²) in [5, 5.41) is 8.74. The molecule has 5 nitrogen and oxygen atoms in total. The second-order valence-electron chi connectivity index (χ2n) is 4.42. The zero-order valence-corrected chi connectivity index (χ0v) is 12.1. The quantitative estimate of drug-likeness (QED) is 0.812. The van der Waals surface area contributed by atoms with Crippen LogP contribution >= 0.6 is 0 Å². The molecule has 1 atom stereocenters. The second kappa shape index (κ2) is 8.31. The number of hydrogen-bond acceptors (Lipinski definition) is 4. The molecule has 1 unspecified atom stereocenters. The topological polar surface area (TPSA) is 62.7 Å². The van der Waals surface area contributed by atoms with Gasteiger partial charge in [0.15, 0.2) is 0 Å². The molecule has 1 aromatic rings. The number of aromatic nitrogens is 1. The van der Waals surface area contributed by atoms with Gasteiger partial charge in [0.05, 0.1) is 30.4 Å². The summed E-state index contributed by atoms with van der Waals surface area (Å²) in [5.41, 5.74) is 1.08. The second-order valence-corrected chi connectivity index (χ2v) is 4.42. The van der Waals surface area contributed by atoms with Crippen LogP contribution < -0.4 is 0 Å². The standard InChI is InChI=1S/C15H20N2O3/c1-12(11-20-3)17(2)15(19)14-7-8-16-10-13(14)6-4-5-9-18/h7-8,10,12,18H,5,9,11H2,1-3H3. The maximum atomic E-state index is 12.4. The lowest BCUT2D eigenvalue weighted by Gasteiger charge is -2.24. The predicted octanol–water partition coefficient (Wildman–Crippen LogP) is 0.922. The van der Waals surface area contributed by atoms with Crippen LogP contribution in [0, 0.1) is 11.8 Å². The molecule has 20 heavy (non-hydrogen) atoms. The van der Waals surface area contributed by atoms with Crippen LogP contribution in [-0.2, 0) is 4.74 Å². The number of methoxy groups -OCH3 is 1. The van der Waals surface area contributed by atoms with E-state index in [-0.39, 0.29) is 18.6 Å². The van der Waals surface area contributed by atoms with Crippen LogP contribution in [0.15, 0.2) is 18.5 Å². The molecule has 0 aliphatic carbocycles. The summed E-state index contributed by atoms with van der Waals surface area (Å²) in [6.45, 7) is 2.39. The van der Waals surface area contributed by atoms with Gasteiger partial charge in [-0.25, -0.2) is 0 Å². The van der Waals surface area contributed by atoms with Crippen molar-refractivity contribution in [3.05, 3.63) is 29.6 Å². The number of hydrogen-bond donors (Lipinski definition) is 1. The van der Waals surface area contributed by atoms with E-state index in [1.54, 1.807) is 37.5 Å². The predicted molar refractivity (Wildman–Crippen MR) is 76.2 cm³/mol. The first-order valence-corrected chi connectivity index (χ1v) is 6.41. The van der Waals surface area contributed by atoms with Crippen molar-refractivity contribution in [3.8, 4) is 11.8 Å². The molecule has 1 heterocycles. The number of ether oxygens (including phenoxy) is 1. The van der Waals surface area contributed by atoms with Gasteiger partial charge < -0.3 is 14.7 Å². The Hall–Kier alpha value is -1.90. The van der Waals surface area contributed by atoms with Gasteiger partial charge in [0.25, 0.3) is 5.91 Å². The molecule has 0 aliphatic rings. The molecule has 1 aromatic heterocycles. The van der Waals surface area contributed by atoms with E-state index in [1.807, 2.05) is 6.92 Å². The van der Waals surface area contributed by atoms with Crippen LogP contribution in [0.2, 0.25) is 0 Å². The van der Waals surface area contributed by atoms with Crippen LogP contribution in [0.5, 0.6) is 0 Å². The van der Waals surface area contributed by atoms with Gasteiger partial charge in [0.2, 0.25) is 0 Å². The van der Waals surface area contributed by atoms with Crippen molar-refractivity contribution in [3.63, 3.8) is 0 Å². The van der Waals surface area contributed by atoms with Crippen molar-refractivity contribution in [1.82, 2.24) is 9.88 Å². The fraction of sp³-hybridized carbons (Fsp3) is 0.467. The maximum Gasteiger partial charge on any atom is 0.255 e. The minimum Gasteiger partial charge on any atom is -0.395 e. The summed E-state index contributed by atoms with van der Waals surface area (Å²) in [7, 11) is 3.34. The molecule has 1 amide bonds.